The van der Waals surface area contributed by atoms with Crippen molar-refractivity contribution in [3.63, 3.8) is 0 Å². The van der Waals surface area contributed by atoms with Crippen molar-refractivity contribution in [3.05, 3.63) is 89.1 Å². The van der Waals surface area contributed by atoms with Crippen molar-refractivity contribution >= 4 is 17.0 Å². The van der Waals surface area contributed by atoms with Gasteiger partial charge in [0.15, 0.2) is 5.65 Å². The van der Waals surface area contributed by atoms with Gasteiger partial charge < -0.3 is 15.0 Å². The molecule has 32 heavy (non-hydrogen) atoms. The first kappa shape index (κ1) is 19.5. The average molecular weight is 424 g/mol. The number of aromatic amines is 1. The quantitative estimate of drug-likeness (QED) is 0.439. The first-order valence-electron chi connectivity index (χ1n) is 10.0. The Labute approximate surface area is 183 Å². The fourth-order valence-electron chi connectivity index (χ4n) is 3.50. The van der Waals surface area contributed by atoms with E-state index in [1.54, 1.807) is 24.7 Å². The Morgan fingerprint density at radius 2 is 1.84 bits per heavy atom. The zero-order chi connectivity index (χ0) is 22.1. The van der Waals surface area contributed by atoms with E-state index in [2.05, 4.69) is 20.4 Å². The molecule has 5 rings (SSSR count). The second-order valence-corrected chi connectivity index (χ2v) is 7.31. The first-order valence-corrected chi connectivity index (χ1v) is 10.0. The molecule has 0 aliphatic heterocycles. The van der Waals surface area contributed by atoms with Gasteiger partial charge in [0.2, 0.25) is 0 Å². The summed E-state index contributed by atoms with van der Waals surface area (Å²) in [6.07, 6.45) is 3.61. The molecule has 0 saturated carbocycles. The molecule has 5 aromatic rings. The summed E-state index contributed by atoms with van der Waals surface area (Å²) in [6.45, 7) is 1.80. The summed E-state index contributed by atoms with van der Waals surface area (Å²) in [5.41, 5.74) is 5.50. The molecule has 0 atom stereocenters. The number of rotatable bonds is 5. The Kier molecular flexibility index (Phi) is 4.87. The van der Waals surface area contributed by atoms with Gasteiger partial charge in [0.25, 0.3) is 5.56 Å². The number of nitrogens with zero attached hydrogens (tertiary/aromatic N) is 4. The SMILES string of the molecule is COc1cccc(-c2cn3nccc(Nc4ccc(-c5nc(C)cc(=O)[nH]5)cc4)c3n2)c1. The summed E-state index contributed by atoms with van der Waals surface area (Å²) < 4.78 is 7.06. The van der Waals surface area contributed by atoms with Crippen LogP contribution >= 0.6 is 0 Å². The van der Waals surface area contributed by atoms with E-state index in [9.17, 15) is 4.79 Å². The van der Waals surface area contributed by atoms with E-state index in [4.69, 9.17) is 9.72 Å². The Morgan fingerprint density at radius 1 is 1.00 bits per heavy atom. The molecule has 0 spiro atoms. The number of aromatic nitrogens is 5. The van der Waals surface area contributed by atoms with Crippen molar-refractivity contribution in [1.82, 2.24) is 24.6 Å². The fourth-order valence-corrected chi connectivity index (χ4v) is 3.50. The minimum atomic E-state index is -0.167. The molecule has 0 unspecified atom stereocenters. The molecule has 2 N–H and O–H groups in total. The van der Waals surface area contributed by atoms with E-state index in [0.29, 0.717) is 17.2 Å². The summed E-state index contributed by atoms with van der Waals surface area (Å²) in [7, 11) is 1.64. The number of aryl methyl sites for hydroxylation is 1. The van der Waals surface area contributed by atoms with Gasteiger partial charge in [0.1, 0.15) is 11.6 Å². The van der Waals surface area contributed by atoms with Gasteiger partial charge in [-0.3, -0.25) is 4.79 Å². The minimum Gasteiger partial charge on any atom is -0.497 e. The van der Waals surface area contributed by atoms with Crippen molar-refractivity contribution in [2.24, 2.45) is 0 Å². The molecule has 3 heterocycles. The molecule has 2 aromatic carbocycles. The molecule has 0 amide bonds. The van der Waals surface area contributed by atoms with E-state index >= 15 is 0 Å². The summed E-state index contributed by atoms with van der Waals surface area (Å²) in [5.74, 6) is 1.32. The molecule has 0 saturated heterocycles. The Morgan fingerprint density at radius 3 is 2.62 bits per heavy atom. The molecular formula is C24H20N6O2. The zero-order valence-corrected chi connectivity index (χ0v) is 17.5. The number of hydrogen-bond donors (Lipinski definition) is 2. The van der Waals surface area contributed by atoms with Crippen LogP contribution in [0.4, 0.5) is 11.4 Å². The third kappa shape index (κ3) is 3.81. The van der Waals surface area contributed by atoms with Crippen molar-refractivity contribution in [3.8, 4) is 28.4 Å². The van der Waals surface area contributed by atoms with Crippen LogP contribution in [-0.2, 0) is 0 Å². The lowest BCUT2D eigenvalue weighted by molar-refractivity contribution is 0.415. The number of nitrogens with one attached hydrogen (secondary N) is 2. The number of methoxy groups -OCH3 is 1. The third-order valence-corrected chi connectivity index (χ3v) is 5.03. The van der Waals surface area contributed by atoms with Gasteiger partial charge in [-0.15, -0.1) is 0 Å². The molecular weight excluding hydrogens is 404 g/mol. The van der Waals surface area contributed by atoms with Gasteiger partial charge in [-0.2, -0.15) is 5.10 Å². The van der Waals surface area contributed by atoms with Crippen molar-refractivity contribution in [2.45, 2.75) is 6.92 Å². The average Bonchev–Trinajstić information content (AvgIpc) is 3.25. The first-order chi connectivity index (χ1) is 15.6. The van der Waals surface area contributed by atoms with Crippen LogP contribution in [0, 0.1) is 6.92 Å². The van der Waals surface area contributed by atoms with E-state index in [1.165, 1.54) is 6.07 Å². The molecule has 0 fully saturated rings. The van der Waals surface area contributed by atoms with Crippen LogP contribution in [0.25, 0.3) is 28.3 Å². The maximum absolute atomic E-state index is 11.7. The van der Waals surface area contributed by atoms with E-state index < -0.39 is 0 Å². The van der Waals surface area contributed by atoms with Gasteiger partial charge in [-0.25, -0.2) is 14.5 Å². The predicted molar refractivity (Wildman–Crippen MR) is 123 cm³/mol. The van der Waals surface area contributed by atoms with Gasteiger partial charge in [0, 0.05) is 28.6 Å². The second-order valence-electron chi connectivity index (χ2n) is 7.31. The maximum Gasteiger partial charge on any atom is 0.251 e. The number of hydrogen-bond acceptors (Lipinski definition) is 6. The smallest absolute Gasteiger partial charge is 0.251 e. The predicted octanol–water partition coefficient (Wildman–Crippen LogP) is 4.21. The molecule has 3 aromatic heterocycles. The second kappa shape index (κ2) is 7.99. The molecule has 158 valence electrons. The Balaban J connectivity index is 1.45. The van der Waals surface area contributed by atoms with Crippen LogP contribution in [-0.4, -0.2) is 31.7 Å². The number of benzene rings is 2. The molecule has 8 nitrogen and oxygen atoms in total. The summed E-state index contributed by atoms with van der Waals surface area (Å²) in [6, 6.07) is 18.8. The number of imidazole rings is 1. The topological polar surface area (TPSA) is 97.2 Å². The number of anilines is 2. The van der Waals surface area contributed by atoms with Crippen molar-refractivity contribution in [1.29, 1.82) is 0 Å². The molecule has 8 heteroatoms. The largest absolute Gasteiger partial charge is 0.497 e. The maximum atomic E-state index is 11.7. The highest BCUT2D eigenvalue weighted by molar-refractivity contribution is 5.77. The fraction of sp³-hybridized carbons (Fsp3) is 0.0833. The summed E-state index contributed by atoms with van der Waals surface area (Å²) in [5, 5.41) is 7.78. The van der Waals surface area contributed by atoms with Crippen molar-refractivity contribution < 1.29 is 4.74 Å². The Hall–Kier alpha value is -4.46. The molecule has 0 aliphatic carbocycles. The minimum absolute atomic E-state index is 0.167. The van der Waals surface area contributed by atoms with Crippen molar-refractivity contribution in [2.75, 3.05) is 12.4 Å². The number of fused-ring (bicyclic) bond motifs is 1. The highest BCUT2D eigenvalue weighted by Crippen LogP contribution is 2.27. The lowest BCUT2D eigenvalue weighted by Crippen LogP contribution is -2.08. The number of H-pyrrole nitrogens is 1. The van der Waals surface area contributed by atoms with Gasteiger partial charge in [-0.05, 0) is 49.4 Å². The summed E-state index contributed by atoms with van der Waals surface area (Å²) in [4.78, 5) is 23.7. The van der Waals surface area contributed by atoms with Crippen LogP contribution < -0.4 is 15.6 Å². The van der Waals surface area contributed by atoms with E-state index in [0.717, 1.165) is 33.9 Å². The number of ether oxygens (including phenoxy) is 1. The third-order valence-electron chi connectivity index (χ3n) is 5.03. The zero-order valence-electron chi connectivity index (χ0n) is 17.5. The molecule has 0 aliphatic rings. The van der Waals surface area contributed by atoms with Gasteiger partial charge in [-0.1, -0.05) is 12.1 Å². The van der Waals surface area contributed by atoms with E-state index in [-0.39, 0.29) is 5.56 Å². The van der Waals surface area contributed by atoms with Crippen LogP contribution in [0.5, 0.6) is 5.75 Å². The molecule has 0 radical (unpaired) electrons. The lowest BCUT2D eigenvalue weighted by atomic mass is 10.1. The van der Waals surface area contributed by atoms with Crippen LogP contribution in [0.1, 0.15) is 5.69 Å². The standard InChI is InChI=1S/C24H20N6O2/c1-15-12-22(31)29-23(26-15)16-6-8-18(9-7-16)27-20-10-11-25-30-14-21(28-24(20)30)17-4-3-5-19(13-17)32-2/h3-14,27H,1-2H3,(H,26,29,31). The van der Waals surface area contributed by atoms with Gasteiger partial charge >= 0.3 is 0 Å². The van der Waals surface area contributed by atoms with Gasteiger partial charge in [0.05, 0.1) is 30.9 Å². The Bertz CT molecular complexity index is 1470. The highest BCUT2D eigenvalue weighted by atomic mass is 16.5. The summed E-state index contributed by atoms with van der Waals surface area (Å²) >= 11 is 0. The van der Waals surface area contributed by atoms with E-state index in [1.807, 2.05) is 60.8 Å². The monoisotopic (exact) mass is 424 g/mol. The lowest BCUT2D eigenvalue weighted by Gasteiger charge is -2.08. The van der Waals surface area contributed by atoms with Crippen LogP contribution in [0.3, 0.4) is 0 Å². The normalized spacial score (nSPS) is 10.9. The van der Waals surface area contributed by atoms with Crippen LogP contribution in [0.2, 0.25) is 0 Å². The van der Waals surface area contributed by atoms with Crippen LogP contribution in [0.15, 0.2) is 77.9 Å². The highest BCUT2D eigenvalue weighted by Gasteiger charge is 2.10. The molecule has 0 bridgehead atoms.